The van der Waals surface area contributed by atoms with Crippen molar-refractivity contribution >= 4 is 34.6 Å². The number of thiazole rings is 1. The smallest absolute Gasteiger partial charge is 0.246 e. The molecule has 0 radical (unpaired) electrons. The molecule has 0 spiro atoms. The molecule has 4 aromatic rings. The molecule has 10 heteroatoms. The van der Waals surface area contributed by atoms with Crippen LogP contribution in [0.5, 0.6) is 11.5 Å². The van der Waals surface area contributed by atoms with E-state index in [9.17, 15) is 4.79 Å². The van der Waals surface area contributed by atoms with Gasteiger partial charge in [0, 0.05) is 16.5 Å². The summed E-state index contributed by atoms with van der Waals surface area (Å²) < 4.78 is 12.7. The Morgan fingerprint density at radius 3 is 2.56 bits per heavy atom. The number of aromatic amines is 1. The van der Waals surface area contributed by atoms with Gasteiger partial charge in [-0.1, -0.05) is 29.8 Å². The number of hydrogen-bond acceptors (Lipinski definition) is 7. The summed E-state index contributed by atoms with van der Waals surface area (Å²) in [6, 6.07) is 13.4. The summed E-state index contributed by atoms with van der Waals surface area (Å²) in [7, 11) is 3.17. The minimum atomic E-state index is -0.246. The second-order valence-corrected chi connectivity index (χ2v) is 8.21. The Morgan fingerprint density at radius 2 is 1.84 bits per heavy atom. The molecular formula is C22H21N5O3S2. The van der Waals surface area contributed by atoms with Crippen LogP contribution in [0.3, 0.4) is 0 Å². The van der Waals surface area contributed by atoms with Crippen LogP contribution in [0.4, 0.5) is 5.13 Å². The monoisotopic (exact) mass is 467 g/mol. The molecule has 1 amide bonds. The summed E-state index contributed by atoms with van der Waals surface area (Å²) in [5, 5.41) is 12.3. The van der Waals surface area contributed by atoms with Gasteiger partial charge in [0.05, 0.1) is 19.9 Å². The summed E-state index contributed by atoms with van der Waals surface area (Å²) in [5.74, 6) is 1.61. The van der Waals surface area contributed by atoms with Gasteiger partial charge >= 0.3 is 0 Å². The maximum absolute atomic E-state index is 12.7. The summed E-state index contributed by atoms with van der Waals surface area (Å²) in [5.41, 5.74) is 3.60. The Balaban J connectivity index is 1.50. The van der Waals surface area contributed by atoms with Crippen LogP contribution < -0.4 is 14.8 Å². The lowest BCUT2D eigenvalue weighted by molar-refractivity contribution is -0.116. The minimum Gasteiger partial charge on any atom is -0.493 e. The number of ether oxygens (including phenoxy) is 2. The third kappa shape index (κ3) is 4.56. The first kappa shape index (κ1) is 21.7. The Labute approximate surface area is 193 Å². The number of nitrogens with one attached hydrogen (secondary N) is 2. The molecule has 2 aromatic heterocycles. The van der Waals surface area contributed by atoms with Crippen LogP contribution in [0.1, 0.15) is 5.56 Å². The van der Waals surface area contributed by atoms with Crippen LogP contribution in [0, 0.1) is 11.7 Å². The highest BCUT2D eigenvalue weighted by Gasteiger charge is 2.15. The third-order valence-corrected chi connectivity index (χ3v) is 5.87. The molecule has 2 aromatic carbocycles. The molecule has 0 unspecified atom stereocenters. The SMILES string of the molecule is COc1ccc(-c2csc(NC(=O)Cn3c(-c4ccc(C)cc4)n[nH]c3=S)n2)cc1OC. The predicted molar refractivity (Wildman–Crippen MR) is 127 cm³/mol. The zero-order valence-corrected chi connectivity index (χ0v) is 19.3. The van der Waals surface area contributed by atoms with Gasteiger partial charge in [0.2, 0.25) is 5.91 Å². The zero-order valence-electron chi connectivity index (χ0n) is 17.7. The van der Waals surface area contributed by atoms with E-state index in [-0.39, 0.29) is 12.5 Å². The van der Waals surface area contributed by atoms with E-state index in [0.717, 1.165) is 22.4 Å². The van der Waals surface area contributed by atoms with E-state index in [1.807, 2.05) is 54.8 Å². The molecule has 0 bridgehead atoms. The van der Waals surface area contributed by atoms with Crippen molar-refractivity contribution in [3.8, 4) is 34.1 Å². The number of amides is 1. The Bertz CT molecular complexity index is 1310. The molecule has 0 atom stereocenters. The number of aryl methyl sites for hydroxylation is 1. The van der Waals surface area contributed by atoms with E-state index in [0.29, 0.717) is 27.2 Å². The van der Waals surface area contributed by atoms with Gasteiger partial charge in [0.1, 0.15) is 6.54 Å². The molecular weight excluding hydrogens is 446 g/mol. The molecule has 8 nitrogen and oxygen atoms in total. The molecule has 0 aliphatic rings. The van der Waals surface area contributed by atoms with Gasteiger partial charge < -0.3 is 14.8 Å². The fraction of sp³-hybridized carbons (Fsp3) is 0.182. The summed E-state index contributed by atoms with van der Waals surface area (Å²) in [6.45, 7) is 2.03. The van der Waals surface area contributed by atoms with Gasteiger partial charge in [-0.3, -0.25) is 14.5 Å². The first-order chi connectivity index (χ1) is 15.5. The molecule has 2 N–H and O–H groups in total. The van der Waals surface area contributed by atoms with Crippen LogP contribution in [0.25, 0.3) is 22.6 Å². The van der Waals surface area contributed by atoms with Crippen molar-refractivity contribution in [3.05, 3.63) is 58.2 Å². The average Bonchev–Trinajstić information content (AvgIpc) is 3.41. The first-order valence-electron chi connectivity index (χ1n) is 9.68. The van der Waals surface area contributed by atoms with Crippen LogP contribution in [0.15, 0.2) is 47.8 Å². The minimum absolute atomic E-state index is 0.0177. The van der Waals surface area contributed by atoms with Crippen molar-refractivity contribution in [2.24, 2.45) is 0 Å². The number of benzene rings is 2. The van der Waals surface area contributed by atoms with Gasteiger partial charge in [-0.15, -0.1) is 11.3 Å². The van der Waals surface area contributed by atoms with Crippen molar-refractivity contribution in [2.75, 3.05) is 19.5 Å². The van der Waals surface area contributed by atoms with Crippen molar-refractivity contribution < 1.29 is 14.3 Å². The number of rotatable bonds is 7. The highest BCUT2D eigenvalue weighted by molar-refractivity contribution is 7.71. The summed E-state index contributed by atoms with van der Waals surface area (Å²) in [4.78, 5) is 17.2. The number of carbonyl (C=O) groups excluding carboxylic acids is 1. The molecule has 0 aliphatic heterocycles. The van der Waals surface area contributed by atoms with E-state index >= 15 is 0 Å². The largest absolute Gasteiger partial charge is 0.493 e. The fourth-order valence-electron chi connectivity index (χ4n) is 3.15. The Kier molecular flexibility index (Phi) is 6.33. The first-order valence-corrected chi connectivity index (χ1v) is 11.0. The summed E-state index contributed by atoms with van der Waals surface area (Å²) in [6.07, 6.45) is 0. The topological polar surface area (TPSA) is 94.1 Å². The quantitative estimate of drug-likeness (QED) is 0.383. The maximum atomic E-state index is 12.7. The molecule has 32 heavy (non-hydrogen) atoms. The van der Waals surface area contributed by atoms with E-state index < -0.39 is 0 Å². The number of H-pyrrole nitrogens is 1. The number of nitrogens with zero attached hydrogens (tertiary/aromatic N) is 3. The van der Waals surface area contributed by atoms with Gasteiger partial charge in [-0.25, -0.2) is 4.98 Å². The normalized spacial score (nSPS) is 10.7. The highest BCUT2D eigenvalue weighted by atomic mass is 32.1. The lowest BCUT2D eigenvalue weighted by Crippen LogP contribution is -2.19. The molecule has 4 rings (SSSR count). The maximum Gasteiger partial charge on any atom is 0.246 e. The molecule has 164 valence electrons. The standard InChI is InChI=1S/C22H21N5O3S2/c1-13-4-6-14(7-5-13)20-25-26-22(31)27(20)11-19(28)24-21-23-16(12-32-21)15-8-9-17(29-2)18(10-15)30-3/h4-10,12H,11H2,1-3H3,(H,26,31)(H,23,24,28). The lowest BCUT2D eigenvalue weighted by Gasteiger charge is -2.08. The van der Waals surface area contributed by atoms with Crippen molar-refractivity contribution in [2.45, 2.75) is 13.5 Å². The zero-order chi connectivity index (χ0) is 22.7. The number of anilines is 1. The lowest BCUT2D eigenvalue weighted by atomic mass is 10.1. The molecule has 0 saturated carbocycles. The second kappa shape index (κ2) is 9.33. The molecule has 0 saturated heterocycles. The molecule has 2 heterocycles. The van der Waals surface area contributed by atoms with Crippen LogP contribution in [-0.2, 0) is 11.3 Å². The van der Waals surface area contributed by atoms with Gasteiger partial charge in [-0.2, -0.15) is 5.10 Å². The van der Waals surface area contributed by atoms with Crippen LogP contribution >= 0.6 is 23.6 Å². The van der Waals surface area contributed by atoms with Crippen molar-refractivity contribution in [1.29, 1.82) is 0 Å². The van der Waals surface area contributed by atoms with Crippen molar-refractivity contribution in [1.82, 2.24) is 19.7 Å². The summed E-state index contributed by atoms with van der Waals surface area (Å²) >= 11 is 6.66. The van der Waals surface area contributed by atoms with E-state index in [1.165, 1.54) is 11.3 Å². The van der Waals surface area contributed by atoms with Crippen molar-refractivity contribution in [3.63, 3.8) is 0 Å². The number of carbonyl (C=O) groups is 1. The Hall–Kier alpha value is -3.50. The van der Waals surface area contributed by atoms with Gasteiger partial charge in [-0.05, 0) is 37.3 Å². The van der Waals surface area contributed by atoms with Gasteiger partial charge in [0.25, 0.3) is 0 Å². The number of hydrogen-bond donors (Lipinski definition) is 2. The fourth-order valence-corrected chi connectivity index (χ4v) is 4.08. The number of aromatic nitrogens is 4. The highest BCUT2D eigenvalue weighted by Crippen LogP contribution is 2.33. The Morgan fingerprint density at radius 1 is 1.12 bits per heavy atom. The molecule has 0 fully saturated rings. The average molecular weight is 468 g/mol. The number of methoxy groups -OCH3 is 2. The van der Waals surface area contributed by atoms with Crippen LogP contribution in [-0.4, -0.2) is 39.9 Å². The van der Waals surface area contributed by atoms with E-state index in [2.05, 4.69) is 20.5 Å². The second-order valence-electron chi connectivity index (χ2n) is 6.96. The third-order valence-electron chi connectivity index (χ3n) is 4.80. The predicted octanol–water partition coefficient (Wildman–Crippen LogP) is 4.70. The van der Waals surface area contributed by atoms with E-state index in [1.54, 1.807) is 18.8 Å². The van der Waals surface area contributed by atoms with E-state index in [4.69, 9.17) is 21.7 Å². The van der Waals surface area contributed by atoms with Gasteiger partial charge in [0.15, 0.2) is 27.2 Å². The van der Waals surface area contributed by atoms with Crippen LogP contribution in [0.2, 0.25) is 0 Å². The molecule has 0 aliphatic carbocycles.